The number of benzene rings is 1. The quantitative estimate of drug-likeness (QED) is 0.861. The van der Waals surface area contributed by atoms with E-state index in [2.05, 4.69) is 5.32 Å². The van der Waals surface area contributed by atoms with Crippen molar-refractivity contribution in [2.75, 3.05) is 32.6 Å². The molecular weight excluding hydrogens is 216 g/mol. The van der Waals surface area contributed by atoms with E-state index in [-0.39, 0.29) is 5.91 Å². The van der Waals surface area contributed by atoms with E-state index in [4.69, 9.17) is 4.74 Å². The average Bonchev–Trinajstić information content (AvgIpc) is 2.27. The molecular formula is C13H20N2O2. The molecule has 0 aliphatic heterocycles. The number of amides is 1. The van der Waals surface area contributed by atoms with Gasteiger partial charge < -0.3 is 15.0 Å². The van der Waals surface area contributed by atoms with Crippen LogP contribution >= 0.6 is 0 Å². The summed E-state index contributed by atoms with van der Waals surface area (Å²) in [6.07, 6.45) is 0. The predicted octanol–water partition coefficient (Wildman–Crippen LogP) is 1.49. The highest BCUT2D eigenvalue weighted by molar-refractivity contribution is 5.96. The number of nitrogens with zero attached hydrogens (tertiary/aromatic N) is 1. The van der Waals surface area contributed by atoms with Gasteiger partial charge in [0.05, 0.1) is 19.3 Å². The minimum absolute atomic E-state index is 0.0118. The van der Waals surface area contributed by atoms with Crippen LogP contribution in [-0.4, -0.2) is 33.7 Å². The van der Waals surface area contributed by atoms with Gasteiger partial charge in [0.15, 0.2) is 0 Å². The van der Waals surface area contributed by atoms with Crippen molar-refractivity contribution in [2.24, 2.45) is 0 Å². The fraction of sp³-hybridized carbons (Fsp3) is 0.462. The van der Waals surface area contributed by atoms with Gasteiger partial charge in [0.1, 0.15) is 5.75 Å². The molecule has 0 aliphatic carbocycles. The number of anilines is 1. The first-order chi connectivity index (χ1) is 8.01. The molecule has 0 aromatic heterocycles. The number of carbonyl (C=O) groups is 1. The lowest BCUT2D eigenvalue weighted by molar-refractivity contribution is -0.117. The van der Waals surface area contributed by atoms with Crippen LogP contribution < -0.4 is 15.0 Å². The molecule has 0 spiro atoms. The number of ether oxygens (including phenoxy) is 1. The molecule has 0 radical (unpaired) electrons. The minimum atomic E-state index is 0.0118. The molecule has 0 aliphatic rings. The van der Waals surface area contributed by atoms with Gasteiger partial charge in [-0.2, -0.15) is 0 Å². The van der Waals surface area contributed by atoms with E-state index in [1.165, 1.54) is 0 Å². The summed E-state index contributed by atoms with van der Waals surface area (Å²) < 4.78 is 5.34. The normalized spacial score (nSPS) is 10.2. The van der Waals surface area contributed by atoms with Gasteiger partial charge in [-0.05, 0) is 38.1 Å². The standard InChI is InChI=1S/C13H20N2O2/c1-9-6-10(2)13(11(7-9)17-5)15(4)12(16)8-14-3/h6-7,14H,8H2,1-5H3. The second-order valence-electron chi connectivity index (χ2n) is 4.12. The fourth-order valence-electron chi connectivity index (χ4n) is 1.90. The molecule has 4 heteroatoms. The van der Waals surface area contributed by atoms with Gasteiger partial charge in [0.2, 0.25) is 5.91 Å². The third kappa shape index (κ3) is 2.97. The van der Waals surface area contributed by atoms with Crippen molar-refractivity contribution in [1.29, 1.82) is 0 Å². The molecule has 0 bridgehead atoms. The smallest absolute Gasteiger partial charge is 0.240 e. The van der Waals surface area contributed by atoms with Crippen LogP contribution in [0.5, 0.6) is 5.75 Å². The van der Waals surface area contributed by atoms with E-state index in [0.717, 1.165) is 22.6 Å². The molecule has 4 nitrogen and oxygen atoms in total. The Kier molecular flexibility index (Phi) is 4.52. The van der Waals surface area contributed by atoms with Crippen molar-refractivity contribution < 1.29 is 9.53 Å². The molecule has 0 atom stereocenters. The Morgan fingerprint density at radius 3 is 2.59 bits per heavy atom. The summed E-state index contributed by atoms with van der Waals surface area (Å²) in [4.78, 5) is 13.5. The number of hydrogen-bond donors (Lipinski definition) is 1. The molecule has 1 rings (SSSR count). The second-order valence-corrected chi connectivity index (χ2v) is 4.12. The van der Waals surface area contributed by atoms with Gasteiger partial charge in [-0.15, -0.1) is 0 Å². The summed E-state index contributed by atoms with van der Waals surface area (Å²) in [5.41, 5.74) is 2.99. The average molecular weight is 236 g/mol. The zero-order chi connectivity index (χ0) is 13.0. The van der Waals surface area contributed by atoms with Crippen LogP contribution in [0.2, 0.25) is 0 Å². The Morgan fingerprint density at radius 2 is 2.06 bits per heavy atom. The van der Waals surface area contributed by atoms with Crippen molar-refractivity contribution in [1.82, 2.24) is 5.32 Å². The molecule has 0 fully saturated rings. The summed E-state index contributed by atoms with van der Waals surface area (Å²) in [7, 11) is 5.14. The van der Waals surface area contributed by atoms with Crippen molar-refractivity contribution in [3.05, 3.63) is 23.3 Å². The van der Waals surface area contributed by atoms with Crippen LogP contribution in [0.1, 0.15) is 11.1 Å². The van der Waals surface area contributed by atoms with Gasteiger partial charge in [0.25, 0.3) is 0 Å². The summed E-state index contributed by atoms with van der Waals surface area (Å²) in [6, 6.07) is 3.98. The van der Waals surface area contributed by atoms with E-state index in [9.17, 15) is 4.79 Å². The molecule has 17 heavy (non-hydrogen) atoms. The maximum Gasteiger partial charge on any atom is 0.240 e. The minimum Gasteiger partial charge on any atom is -0.495 e. The van der Waals surface area contributed by atoms with Crippen molar-refractivity contribution in [2.45, 2.75) is 13.8 Å². The maximum absolute atomic E-state index is 11.9. The lowest BCUT2D eigenvalue weighted by atomic mass is 10.1. The van der Waals surface area contributed by atoms with Gasteiger partial charge >= 0.3 is 0 Å². The third-order valence-corrected chi connectivity index (χ3v) is 2.67. The van der Waals surface area contributed by atoms with E-state index in [0.29, 0.717) is 6.54 Å². The van der Waals surface area contributed by atoms with Crippen LogP contribution in [0.25, 0.3) is 0 Å². The second kappa shape index (κ2) is 5.68. The molecule has 0 saturated heterocycles. The van der Waals surface area contributed by atoms with Crippen molar-refractivity contribution in [3.63, 3.8) is 0 Å². The molecule has 0 heterocycles. The predicted molar refractivity (Wildman–Crippen MR) is 69.8 cm³/mol. The van der Waals surface area contributed by atoms with Gasteiger partial charge in [-0.3, -0.25) is 4.79 Å². The Labute approximate surface area is 103 Å². The Bertz CT molecular complexity index is 416. The number of rotatable bonds is 4. The number of nitrogens with one attached hydrogen (secondary N) is 1. The van der Waals surface area contributed by atoms with E-state index in [1.54, 1.807) is 26.1 Å². The summed E-state index contributed by atoms with van der Waals surface area (Å²) in [5.74, 6) is 0.743. The fourth-order valence-corrected chi connectivity index (χ4v) is 1.90. The maximum atomic E-state index is 11.9. The topological polar surface area (TPSA) is 41.6 Å². The molecule has 0 saturated carbocycles. The molecule has 1 amide bonds. The van der Waals surface area contributed by atoms with E-state index < -0.39 is 0 Å². The zero-order valence-corrected chi connectivity index (χ0v) is 11.1. The van der Waals surface area contributed by atoms with Crippen LogP contribution in [0.4, 0.5) is 5.69 Å². The number of methoxy groups -OCH3 is 1. The van der Waals surface area contributed by atoms with E-state index in [1.807, 2.05) is 26.0 Å². The van der Waals surface area contributed by atoms with Crippen LogP contribution in [-0.2, 0) is 4.79 Å². The highest BCUT2D eigenvalue weighted by atomic mass is 16.5. The number of carbonyl (C=O) groups excluding carboxylic acids is 1. The number of aryl methyl sites for hydroxylation is 2. The molecule has 1 aromatic carbocycles. The Balaban J connectivity index is 3.16. The van der Waals surface area contributed by atoms with Gasteiger partial charge in [-0.1, -0.05) is 6.07 Å². The largest absolute Gasteiger partial charge is 0.495 e. The number of hydrogen-bond acceptors (Lipinski definition) is 3. The molecule has 0 unspecified atom stereocenters. The molecule has 94 valence electrons. The molecule has 1 N–H and O–H groups in total. The summed E-state index contributed by atoms with van der Waals surface area (Å²) in [5, 5.41) is 2.85. The van der Waals surface area contributed by atoms with Crippen LogP contribution in [0.3, 0.4) is 0 Å². The Morgan fingerprint density at radius 1 is 1.41 bits per heavy atom. The van der Waals surface area contributed by atoms with Crippen molar-refractivity contribution in [3.8, 4) is 5.75 Å². The van der Waals surface area contributed by atoms with Gasteiger partial charge in [-0.25, -0.2) is 0 Å². The first kappa shape index (κ1) is 13.5. The first-order valence-electron chi connectivity index (χ1n) is 5.57. The molecule has 1 aromatic rings. The SMILES string of the molecule is CNCC(=O)N(C)c1c(C)cc(C)cc1OC. The highest BCUT2D eigenvalue weighted by Crippen LogP contribution is 2.32. The van der Waals surface area contributed by atoms with Crippen LogP contribution in [0.15, 0.2) is 12.1 Å². The Hall–Kier alpha value is -1.55. The van der Waals surface area contributed by atoms with Crippen molar-refractivity contribution >= 4 is 11.6 Å². The monoisotopic (exact) mass is 236 g/mol. The first-order valence-corrected chi connectivity index (χ1v) is 5.57. The highest BCUT2D eigenvalue weighted by Gasteiger charge is 2.17. The lowest BCUT2D eigenvalue weighted by Gasteiger charge is -2.22. The van der Waals surface area contributed by atoms with E-state index >= 15 is 0 Å². The van der Waals surface area contributed by atoms with Gasteiger partial charge in [0, 0.05) is 7.05 Å². The van der Waals surface area contributed by atoms with Crippen LogP contribution in [0, 0.1) is 13.8 Å². The third-order valence-electron chi connectivity index (χ3n) is 2.67. The number of likely N-dealkylation sites (N-methyl/N-ethyl adjacent to an activating group) is 2. The lowest BCUT2D eigenvalue weighted by Crippen LogP contribution is -2.34. The summed E-state index contributed by atoms with van der Waals surface area (Å²) in [6.45, 7) is 4.30. The summed E-state index contributed by atoms with van der Waals surface area (Å²) >= 11 is 0. The zero-order valence-electron chi connectivity index (χ0n) is 11.1.